The van der Waals surface area contributed by atoms with Crippen LogP contribution in [0.1, 0.15) is 13.8 Å². The topological polar surface area (TPSA) is 20.2 Å². The van der Waals surface area contributed by atoms with Crippen LogP contribution in [0.3, 0.4) is 0 Å². The molecule has 0 heterocycles. The maximum Gasteiger partial charge on any atom is 0.136 e. The Bertz CT molecular complexity index is 124. The highest BCUT2D eigenvalue weighted by atomic mass is 35.5. The highest BCUT2D eigenvalue weighted by Crippen LogP contribution is 2.33. The fraction of sp³-hybridized carbons (Fsp3) is 1.00. The highest BCUT2D eigenvalue weighted by molar-refractivity contribution is 6.46. The summed E-state index contributed by atoms with van der Waals surface area (Å²) in [5.41, 5.74) is -1.25. The number of rotatable bonds is 3. The first kappa shape index (κ1) is 12.1. The summed E-state index contributed by atoms with van der Waals surface area (Å²) >= 11 is 22.1. The van der Waals surface area contributed by atoms with Crippen molar-refractivity contribution in [1.82, 2.24) is 0 Å². The Morgan fingerprint density at radius 1 is 1.18 bits per heavy atom. The largest absolute Gasteiger partial charge is 0.387 e. The van der Waals surface area contributed by atoms with Crippen LogP contribution in [0.5, 0.6) is 0 Å². The first-order valence-corrected chi connectivity index (χ1v) is 4.83. The van der Waals surface area contributed by atoms with Crippen LogP contribution in [0.4, 0.5) is 0 Å². The second-order valence-electron chi connectivity index (χ2n) is 2.65. The van der Waals surface area contributed by atoms with Crippen LogP contribution < -0.4 is 0 Å². The molecule has 0 rings (SSSR count). The maximum atomic E-state index is 9.60. The van der Waals surface area contributed by atoms with Gasteiger partial charge >= 0.3 is 0 Å². The van der Waals surface area contributed by atoms with Gasteiger partial charge in [-0.3, -0.25) is 0 Å². The van der Waals surface area contributed by atoms with Crippen molar-refractivity contribution in [3.8, 4) is 0 Å². The molecule has 1 nitrogen and oxygen atoms in total. The van der Waals surface area contributed by atoms with Crippen molar-refractivity contribution in [2.75, 3.05) is 0 Å². The molecule has 0 spiro atoms. The summed E-state index contributed by atoms with van der Waals surface area (Å²) in [5, 5.41) is 9.60. The van der Waals surface area contributed by atoms with Crippen LogP contribution in [0.2, 0.25) is 0 Å². The van der Waals surface area contributed by atoms with Gasteiger partial charge in [-0.05, 0) is 6.92 Å². The van der Waals surface area contributed by atoms with Gasteiger partial charge in [0.25, 0.3) is 0 Å². The lowest BCUT2D eigenvalue weighted by molar-refractivity contribution is 0.0247. The third-order valence-corrected chi connectivity index (χ3v) is 3.38. The summed E-state index contributed by atoms with van der Waals surface area (Å²) in [6.07, 6.45) is 0. The van der Waals surface area contributed by atoms with Gasteiger partial charge in [0, 0.05) is 5.92 Å². The number of halogens is 4. The number of hydrogen-bond donors (Lipinski definition) is 1. The quantitative estimate of drug-likeness (QED) is 0.751. The molecule has 2 atom stereocenters. The van der Waals surface area contributed by atoms with Gasteiger partial charge in [-0.25, -0.2) is 0 Å². The van der Waals surface area contributed by atoms with E-state index in [2.05, 4.69) is 0 Å². The molecule has 0 bridgehead atoms. The second-order valence-corrected chi connectivity index (χ2v) is 4.91. The van der Waals surface area contributed by atoms with Gasteiger partial charge in [0.1, 0.15) is 9.67 Å². The van der Waals surface area contributed by atoms with Gasteiger partial charge in [-0.1, -0.05) is 6.92 Å². The molecule has 0 aliphatic heterocycles. The van der Waals surface area contributed by atoms with Crippen LogP contribution in [0.15, 0.2) is 0 Å². The predicted octanol–water partition coefficient (Wildman–Crippen LogP) is 2.98. The van der Waals surface area contributed by atoms with Gasteiger partial charge in [-0.15, -0.1) is 46.4 Å². The van der Waals surface area contributed by atoms with Gasteiger partial charge in [-0.2, -0.15) is 0 Å². The second kappa shape index (κ2) is 4.38. The number of aliphatic hydroxyl groups is 1. The predicted molar refractivity (Wildman–Crippen MR) is 50.8 cm³/mol. The number of alkyl halides is 4. The molecule has 5 heteroatoms. The van der Waals surface area contributed by atoms with Crippen LogP contribution in [0.25, 0.3) is 0 Å². The molecule has 0 aromatic carbocycles. The Balaban J connectivity index is 4.29. The molecular weight excluding hydrogens is 230 g/mol. The van der Waals surface area contributed by atoms with Crippen LogP contribution in [-0.4, -0.2) is 20.4 Å². The van der Waals surface area contributed by atoms with Gasteiger partial charge < -0.3 is 5.11 Å². The molecule has 0 aromatic heterocycles. The van der Waals surface area contributed by atoms with Gasteiger partial charge in [0.05, 0.1) is 5.60 Å². The van der Waals surface area contributed by atoms with E-state index in [0.29, 0.717) is 0 Å². The molecule has 0 aliphatic carbocycles. The zero-order valence-corrected chi connectivity index (χ0v) is 9.21. The van der Waals surface area contributed by atoms with E-state index >= 15 is 0 Å². The fourth-order valence-corrected chi connectivity index (χ4v) is 1.36. The Morgan fingerprint density at radius 3 is 1.64 bits per heavy atom. The van der Waals surface area contributed by atoms with Crippen molar-refractivity contribution >= 4 is 46.4 Å². The third kappa shape index (κ3) is 3.16. The highest BCUT2D eigenvalue weighted by Gasteiger charge is 2.38. The summed E-state index contributed by atoms with van der Waals surface area (Å²) in [6, 6.07) is 0. The first-order valence-electron chi connectivity index (χ1n) is 3.08. The van der Waals surface area contributed by atoms with E-state index in [0.717, 1.165) is 0 Å². The van der Waals surface area contributed by atoms with Crippen molar-refractivity contribution in [2.45, 2.75) is 29.1 Å². The third-order valence-electron chi connectivity index (χ3n) is 1.74. The summed E-state index contributed by atoms with van der Waals surface area (Å²) in [6.45, 7) is 3.18. The van der Waals surface area contributed by atoms with E-state index in [1.807, 2.05) is 0 Å². The zero-order chi connectivity index (χ0) is 9.23. The van der Waals surface area contributed by atoms with Crippen molar-refractivity contribution in [3.05, 3.63) is 0 Å². The summed E-state index contributed by atoms with van der Waals surface area (Å²) in [7, 11) is 0. The average Bonchev–Trinajstić information content (AvgIpc) is 1.85. The van der Waals surface area contributed by atoms with E-state index in [9.17, 15) is 5.11 Å². The van der Waals surface area contributed by atoms with Gasteiger partial charge in [0.2, 0.25) is 0 Å². The first-order chi connectivity index (χ1) is 4.80. The SMILES string of the molecule is CC(C(Cl)Cl)C(C)(O)C(Cl)Cl. The molecule has 0 aromatic rings. The standard InChI is InChI=1S/C6H10Cl4O/c1-3(4(7)8)6(2,11)5(9)10/h3-5,11H,1-2H3. The van der Waals surface area contributed by atoms with E-state index in [4.69, 9.17) is 46.4 Å². The monoisotopic (exact) mass is 238 g/mol. The molecule has 0 fully saturated rings. The van der Waals surface area contributed by atoms with Crippen molar-refractivity contribution < 1.29 is 5.11 Å². The van der Waals surface area contributed by atoms with Crippen LogP contribution in [-0.2, 0) is 0 Å². The summed E-state index contributed by atoms with van der Waals surface area (Å²) in [4.78, 5) is -1.57. The molecule has 11 heavy (non-hydrogen) atoms. The average molecular weight is 240 g/mol. The van der Waals surface area contributed by atoms with E-state index in [1.165, 1.54) is 6.92 Å². The maximum absolute atomic E-state index is 9.60. The zero-order valence-electron chi connectivity index (χ0n) is 6.19. The van der Waals surface area contributed by atoms with E-state index in [-0.39, 0.29) is 5.92 Å². The Kier molecular flexibility index (Phi) is 4.83. The summed E-state index contributed by atoms with van der Waals surface area (Å²) in [5.74, 6) is -0.370. The molecule has 0 aliphatic rings. The Labute approximate surface area is 86.6 Å². The molecular formula is C6H10Cl4O. The lowest BCUT2D eigenvalue weighted by atomic mass is 9.94. The van der Waals surface area contributed by atoms with Crippen molar-refractivity contribution in [1.29, 1.82) is 0 Å². The molecule has 0 radical (unpaired) electrons. The molecule has 0 saturated heterocycles. The normalized spacial score (nSPS) is 20.5. The molecule has 68 valence electrons. The van der Waals surface area contributed by atoms with Crippen LogP contribution in [0, 0.1) is 5.92 Å². The molecule has 2 unspecified atom stereocenters. The van der Waals surface area contributed by atoms with Gasteiger partial charge in [0.15, 0.2) is 0 Å². The Morgan fingerprint density at radius 2 is 1.55 bits per heavy atom. The Hall–Kier alpha value is 1.12. The van der Waals surface area contributed by atoms with E-state index < -0.39 is 15.3 Å². The minimum absolute atomic E-state index is 0.370. The minimum atomic E-state index is -1.25. The minimum Gasteiger partial charge on any atom is -0.387 e. The molecule has 0 saturated carbocycles. The lowest BCUT2D eigenvalue weighted by Crippen LogP contribution is -2.42. The van der Waals surface area contributed by atoms with Crippen LogP contribution >= 0.6 is 46.4 Å². The van der Waals surface area contributed by atoms with E-state index in [1.54, 1.807) is 6.92 Å². The molecule has 0 amide bonds. The van der Waals surface area contributed by atoms with Crippen molar-refractivity contribution in [3.63, 3.8) is 0 Å². The molecule has 1 N–H and O–H groups in total. The van der Waals surface area contributed by atoms with Crippen molar-refractivity contribution in [2.24, 2.45) is 5.92 Å². The fourth-order valence-electron chi connectivity index (χ4n) is 0.454. The number of hydrogen-bond acceptors (Lipinski definition) is 1. The summed E-state index contributed by atoms with van der Waals surface area (Å²) < 4.78 is 0. The lowest BCUT2D eigenvalue weighted by Gasteiger charge is -2.31. The smallest absolute Gasteiger partial charge is 0.136 e.